The number of thiazole rings is 1. The van der Waals surface area contributed by atoms with E-state index in [4.69, 9.17) is 10.5 Å². The summed E-state index contributed by atoms with van der Waals surface area (Å²) in [4.78, 5) is 22.8. The van der Waals surface area contributed by atoms with Gasteiger partial charge in [0.2, 0.25) is 5.95 Å². The largest absolute Gasteiger partial charge is 0.497 e. The Morgan fingerprint density at radius 1 is 1.34 bits per heavy atom. The first-order valence-corrected chi connectivity index (χ1v) is 11.5. The Balaban J connectivity index is 1.59. The molecule has 0 saturated carbocycles. The summed E-state index contributed by atoms with van der Waals surface area (Å²) in [5.41, 5.74) is 6.99. The molecule has 0 aliphatic carbocycles. The van der Waals surface area contributed by atoms with Crippen molar-refractivity contribution in [2.75, 3.05) is 30.8 Å². The number of benzene rings is 1. The molecule has 1 atom stereocenters. The van der Waals surface area contributed by atoms with Gasteiger partial charge >= 0.3 is 6.18 Å². The molecule has 0 saturated heterocycles. The fraction of sp³-hybridized carbons (Fsp3) is 0.381. The first kappa shape index (κ1) is 25.9. The van der Waals surface area contributed by atoms with Gasteiger partial charge in [-0.15, -0.1) is 21.5 Å². The number of alkyl halides is 3. The molecule has 0 bridgehead atoms. The number of ether oxygens (including phenoxy) is 1. The number of nitrogens with one attached hydrogen (secondary N) is 3. The lowest BCUT2D eigenvalue weighted by molar-refractivity contribution is -0.118. The summed E-state index contributed by atoms with van der Waals surface area (Å²) in [6.45, 7) is 0.990. The van der Waals surface area contributed by atoms with Gasteiger partial charge in [-0.1, -0.05) is 19.1 Å². The molecule has 14 heteroatoms. The highest BCUT2D eigenvalue weighted by molar-refractivity contribution is 7.13. The summed E-state index contributed by atoms with van der Waals surface area (Å²) in [6, 6.07) is 7.34. The molecule has 3 aromatic rings. The Kier molecular flexibility index (Phi) is 8.63. The Morgan fingerprint density at radius 2 is 2.14 bits per heavy atom. The smallest absolute Gasteiger partial charge is 0.408 e. The fourth-order valence-electron chi connectivity index (χ4n) is 3.06. The molecule has 0 spiro atoms. The molecule has 188 valence electrons. The number of anilines is 2. The highest BCUT2D eigenvalue weighted by Crippen LogP contribution is 2.25. The van der Waals surface area contributed by atoms with Gasteiger partial charge in [0.05, 0.1) is 12.8 Å². The summed E-state index contributed by atoms with van der Waals surface area (Å²) in [7, 11) is 1.57. The van der Waals surface area contributed by atoms with Gasteiger partial charge < -0.3 is 21.1 Å². The average Bonchev–Trinajstić information content (AvgIpc) is 3.27. The third-order valence-electron chi connectivity index (χ3n) is 4.88. The Morgan fingerprint density at radius 3 is 2.83 bits per heavy atom. The van der Waals surface area contributed by atoms with Gasteiger partial charge in [0.1, 0.15) is 18.0 Å². The molecule has 0 amide bonds. The van der Waals surface area contributed by atoms with Crippen molar-refractivity contribution in [1.29, 1.82) is 0 Å². The average molecular weight is 511 g/mol. The predicted octanol–water partition coefficient (Wildman–Crippen LogP) is 3.12. The van der Waals surface area contributed by atoms with Crippen LogP contribution in [0.1, 0.15) is 36.2 Å². The molecular weight excluding hydrogens is 485 g/mol. The zero-order valence-electron chi connectivity index (χ0n) is 19.0. The van der Waals surface area contributed by atoms with Crippen molar-refractivity contribution in [2.24, 2.45) is 10.7 Å². The van der Waals surface area contributed by atoms with Gasteiger partial charge in [0.15, 0.2) is 11.1 Å². The normalized spacial score (nSPS) is 12.9. The van der Waals surface area contributed by atoms with Crippen molar-refractivity contribution in [2.45, 2.75) is 31.9 Å². The van der Waals surface area contributed by atoms with Crippen molar-refractivity contribution in [3.8, 4) is 5.75 Å². The van der Waals surface area contributed by atoms with Crippen LogP contribution in [0.3, 0.4) is 0 Å². The minimum absolute atomic E-state index is 0.0584. The molecule has 1 aromatic carbocycles. The summed E-state index contributed by atoms with van der Waals surface area (Å²) in [5.74, 6) is 0.487. The Labute approximate surface area is 202 Å². The van der Waals surface area contributed by atoms with Crippen molar-refractivity contribution in [3.05, 3.63) is 57.0 Å². The first-order valence-electron chi connectivity index (χ1n) is 10.6. The lowest BCUT2D eigenvalue weighted by Gasteiger charge is -2.13. The van der Waals surface area contributed by atoms with Crippen LogP contribution >= 0.6 is 11.3 Å². The SMILES string of the molecule is CCC(CNc1nnc(Cc2cccc(OC)c2)c(=O)[nH]1)c1csc(NC(N)=NCC(F)(F)F)n1. The van der Waals surface area contributed by atoms with E-state index in [2.05, 4.69) is 35.8 Å². The predicted molar refractivity (Wildman–Crippen MR) is 128 cm³/mol. The van der Waals surface area contributed by atoms with E-state index in [1.165, 1.54) is 11.3 Å². The number of hydrogen-bond acceptors (Lipinski definition) is 8. The van der Waals surface area contributed by atoms with Crippen LogP contribution in [-0.2, 0) is 6.42 Å². The van der Waals surface area contributed by atoms with Crippen LogP contribution in [0, 0.1) is 0 Å². The number of halogens is 3. The summed E-state index contributed by atoms with van der Waals surface area (Å²) in [6.07, 6.45) is -3.42. The maximum absolute atomic E-state index is 12.5. The van der Waals surface area contributed by atoms with Gasteiger partial charge in [0.25, 0.3) is 5.56 Å². The number of guanidine groups is 1. The van der Waals surface area contributed by atoms with E-state index in [0.717, 1.165) is 5.56 Å². The van der Waals surface area contributed by atoms with Crippen LogP contribution in [0.2, 0.25) is 0 Å². The fourth-order valence-corrected chi connectivity index (χ4v) is 3.86. The molecule has 35 heavy (non-hydrogen) atoms. The molecule has 5 N–H and O–H groups in total. The minimum Gasteiger partial charge on any atom is -0.497 e. The van der Waals surface area contributed by atoms with Crippen molar-refractivity contribution in [1.82, 2.24) is 20.2 Å². The number of nitrogens with zero attached hydrogens (tertiary/aromatic N) is 4. The Hall–Kier alpha value is -3.68. The molecule has 0 radical (unpaired) electrons. The van der Waals surface area contributed by atoms with Gasteiger partial charge in [-0.3, -0.25) is 9.78 Å². The van der Waals surface area contributed by atoms with E-state index in [9.17, 15) is 18.0 Å². The number of methoxy groups -OCH3 is 1. The van der Waals surface area contributed by atoms with Crippen LogP contribution in [0.25, 0.3) is 0 Å². The van der Waals surface area contributed by atoms with Crippen molar-refractivity contribution >= 4 is 28.4 Å². The highest BCUT2D eigenvalue weighted by Gasteiger charge is 2.26. The van der Waals surface area contributed by atoms with Gasteiger partial charge in [-0.2, -0.15) is 13.2 Å². The lowest BCUT2D eigenvalue weighted by Crippen LogP contribution is -2.25. The third kappa shape index (κ3) is 7.95. The number of H-pyrrole nitrogens is 1. The first-order chi connectivity index (χ1) is 16.7. The quantitative estimate of drug-likeness (QED) is 0.241. The second kappa shape index (κ2) is 11.6. The van der Waals surface area contributed by atoms with E-state index in [1.54, 1.807) is 12.5 Å². The van der Waals surface area contributed by atoms with E-state index in [1.807, 2.05) is 31.2 Å². The van der Waals surface area contributed by atoms with E-state index >= 15 is 0 Å². The van der Waals surface area contributed by atoms with Crippen molar-refractivity contribution < 1.29 is 17.9 Å². The molecule has 2 aromatic heterocycles. The number of aliphatic imine (C=N–C) groups is 1. The highest BCUT2D eigenvalue weighted by atomic mass is 32.1. The number of aromatic amines is 1. The van der Waals surface area contributed by atoms with Gasteiger partial charge in [0, 0.05) is 24.3 Å². The van der Waals surface area contributed by atoms with Crippen LogP contribution < -0.4 is 26.7 Å². The molecule has 2 heterocycles. The van der Waals surface area contributed by atoms with E-state index in [0.29, 0.717) is 36.0 Å². The molecule has 1 unspecified atom stereocenters. The minimum atomic E-state index is -4.43. The molecule has 0 fully saturated rings. The second-order valence-electron chi connectivity index (χ2n) is 7.48. The topological polar surface area (TPSA) is 143 Å². The summed E-state index contributed by atoms with van der Waals surface area (Å²) < 4.78 is 42.0. The maximum atomic E-state index is 12.5. The summed E-state index contributed by atoms with van der Waals surface area (Å²) in [5, 5.41) is 15.8. The number of hydrogen-bond donors (Lipinski definition) is 4. The lowest BCUT2D eigenvalue weighted by atomic mass is 10.0. The Bertz CT molecular complexity index is 1210. The monoisotopic (exact) mass is 510 g/mol. The number of rotatable bonds is 10. The summed E-state index contributed by atoms with van der Waals surface area (Å²) >= 11 is 1.20. The zero-order valence-corrected chi connectivity index (χ0v) is 19.8. The zero-order chi connectivity index (χ0) is 25.4. The van der Waals surface area contributed by atoms with Crippen LogP contribution in [0.5, 0.6) is 5.75 Å². The van der Waals surface area contributed by atoms with Gasteiger partial charge in [-0.25, -0.2) is 9.98 Å². The molecule has 0 aliphatic heterocycles. The van der Waals surface area contributed by atoms with Gasteiger partial charge in [-0.05, 0) is 24.1 Å². The van der Waals surface area contributed by atoms with E-state index < -0.39 is 12.7 Å². The van der Waals surface area contributed by atoms with Crippen LogP contribution in [-0.4, -0.2) is 52.5 Å². The van der Waals surface area contributed by atoms with E-state index in [-0.39, 0.29) is 29.1 Å². The molecule has 0 aliphatic rings. The van der Waals surface area contributed by atoms with Crippen LogP contribution in [0.15, 0.2) is 39.4 Å². The second-order valence-corrected chi connectivity index (χ2v) is 8.34. The standard InChI is InChI=1S/C21H25F3N8O2S/c1-3-13(16-10-35-20(28-16)30-18(25)27-11-21(22,23)24)9-26-19-29-17(33)15(31-32-19)8-12-5-4-6-14(7-12)34-2/h4-7,10,13H,3,8-9,11H2,1-2H3,(H3,25,27,28,30)(H2,26,29,32,33). The maximum Gasteiger partial charge on any atom is 0.408 e. The molecule has 10 nitrogen and oxygen atoms in total. The molecule has 3 rings (SSSR count). The third-order valence-corrected chi connectivity index (χ3v) is 5.66. The number of aromatic nitrogens is 4. The number of nitrogens with two attached hydrogens (primary N) is 1. The van der Waals surface area contributed by atoms with Crippen molar-refractivity contribution in [3.63, 3.8) is 0 Å². The van der Waals surface area contributed by atoms with Crippen LogP contribution in [0.4, 0.5) is 24.3 Å². The molecular formula is C21H25F3N8O2S.